The van der Waals surface area contributed by atoms with E-state index in [2.05, 4.69) is 36.4 Å². The van der Waals surface area contributed by atoms with Crippen LogP contribution in [0.2, 0.25) is 0 Å². The van der Waals surface area contributed by atoms with Gasteiger partial charge in [0.1, 0.15) is 5.01 Å². The number of thiazole rings is 1. The summed E-state index contributed by atoms with van der Waals surface area (Å²) in [7, 11) is 0. The normalized spacial score (nSPS) is 10.8. The van der Waals surface area contributed by atoms with Gasteiger partial charge in [0.25, 0.3) is 5.91 Å². The molecule has 0 aliphatic rings. The minimum absolute atomic E-state index is 0.286. The molecule has 0 saturated carbocycles. The fourth-order valence-corrected chi connectivity index (χ4v) is 2.99. The molecule has 1 aromatic carbocycles. The number of rotatable bonds is 4. The average molecular weight is 387 g/mol. The van der Waals surface area contributed by atoms with Crippen molar-refractivity contribution in [1.29, 1.82) is 0 Å². The third kappa shape index (κ3) is 4.08. The number of hydrogen-bond donors (Lipinski definition) is 1. The van der Waals surface area contributed by atoms with Gasteiger partial charge in [0.2, 0.25) is 0 Å². The molecule has 0 saturated heterocycles. The molecule has 0 bridgehead atoms. The maximum absolute atomic E-state index is 11.8. The quantitative estimate of drug-likeness (QED) is 0.548. The lowest BCUT2D eigenvalue weighted by atomic mass is 10.2. The number of pyridine rings is 1. The zero-order chi connectivity index (χ0) is 16.1. The van der Waals surface area contributed by atoms with Crippen molar-refractivity contribution in [2.75, 3.05) is 0 Å². The Bertz CT molecular complexity index is 848. The predicted molar refractivity (Wildman–Crippen MR) is 94.5 cm³/mol. The third-order valence-electron chi connectivity index (χ3n) is 2.90. The summed E-state index contributed by atoms with van der Waals surface area (Å²) in [5, 5.41) is 6.72. The molecule has 3 aromatic rings. The SMILES string of the molecule is O=C(N/N=C\c1csc(-c2cccc(Br)c2)n1)c1ccncc1. The summed E-state index contributed by atoms with van der Waals surface area (Å²) in [6.07, 6.45) is 4.64. The Balaban J connectivity index is 1.66. The minimum Gasteiger partial charge on any atom is -0.267 e. The van der Waals surface area contributed by atoms with E-state index < -0.39 is 0 Å². The van der Waals surface area contributed by atoms with Crippen LogP contribution in [0.15, 0.2) is 63.7 Å². The molecule has 0 aliphatic carbocycles. The van der Waals surface area contributed by atoms with E-state index in [1.807, 2.05) is 29.6 Å². The standard InChI is InChI=1S/C16H11BrN4OS/c17-13-3-1-2-12(8-13)16-20-14(10-23-16)9-19-21-15(22)11-4-6-18-7-5-11/h1-10H,(H,21,22)/b19-9-. The van der Waals surface area contributed by atoms with Gasteiger partial charge in [-0.15, -0.1) is 11.3 Å². The number of nitrogens with zero attached hydrogens (tertiary/aromatic N) is 3. The molecule has 2 aromatic heterocycles. The van der Waals surface area contributed by atoms with Crippen LogP contribution in [0.25, 0.3) is 10.6 Å². The lowest BCUT2D eigenvalue weighted by Gasteiger charge is -1.97. The van der Waals surface area contributed by atoms with Crippen molar-refractivity contribution in [3.8, 4) is 10.6 Å². The first-order chi connectivity index (χ1) is 11.2. The van der Waals surface area contributed by atoms with E-state index >= 15 is 0 Å². The summed E-state index contributed by atoms with van der Waals surface area (Å²) in [5.74, 6) is -0.286. The summed E-state index contributed by atoms with van der Waals surface area (Å²) in [6.45, 7) is 0. The maximum Gasteiger partial charge on any atom is 0.271 e. The van der Waals surface area contributed by atoms with Crippen molar-refractivity contribution in [3.05, 3.63) is 69.9 Å². The molecule has 5 nitrogen and oxygen atoms in total. The lowest BCUT2D eigenvalue weighted by Crippen LogP contribution is -2.17. The van der Waals surface area contributed by atoms with Gasteiger partial charge in [-0.3, -0.25) is 9.78 Å². The highest BCUT2D eigenvalue weighted by Gasteiger charge is 2.05. The summed E-state index contributed by atoms with van der Waals surface area (Å²) in [5.41, 5.74) is 4.70. The van der Waals surface area contributed by atoms with Gasteiger partial charge in [-0.05, 0) is 24.3 Å². The van der Waals surface area contributed by atoms with Crippen LogP contribution in [0.3, 0.4) is 0 Å². The number of halogens is 1. The van der Waals surface area contributed by atoms with Gasteiger partial charge in [0, 0.05) is 33.4 Å². The van der Waals surface area contributed by atoms with Crippen LogP contribution < -0.4 is 5.43 Å². The Hall–Kier alpha value is -2.38. The predicted octanol–water partition coefficient (Wildman–Crippen LogP) is 3.73. The first-order valence-electron chi connectivity index (χ1n) is 6.67. The monoisotopic (exact) mass is 386 g/mol. The Kier molecular flexibility index (Phi) is 4.89. The number of hydrogen-bond acceptors (Lipinski definition) is 5. The van der Waals surface area contributed by atoms with Gasteiger partial charge < -0.3 is 0 Å². The smallest absolute Gasteiger partial charge is 0.267 e. The van der Waals surface area contributed by atoms with E-state index in [0.29, 0.717) is 11.3 Å². The van der Waals surface area contributed by atoms with Gasteiger partial charge in [-0.25, -0.2) is 10.4 Å². The molecule has 114 valence electrons. The first-order valence-corrected chi connectivity index (χ1v) is 8.34. The van der Waals surface area contributed by atoms with Crippen molar-refractivity contribution in [2.24, 2.45) is 5.10 Å². The van der Waals surface area contributed by atoms with Crippen LogP contribution in [0.5, 0.6) is 0 Å². The molecule has 0 spiro atoms. The van der Waals surface area contributed by atoms with Crippen LogP contribution in [0.1, 0.15) is 16.1 Å². The van der Waals surface area contributed by atoms with Crippen LogP contribution in [0, 0.1) is 0 Å². The summed E-state index contributed by atoms with van der Waals surface area (Å²) in [6, 6.07) is 11.2. The summed E-state index contributed by atoms with van der Waals surface area (Å²) in [4.78, 5) is 20.2. The van der Waals surface area contributed by atoms with Crippen LogP contribution in [0.4, 0.5) is 0 Å². The zero-order valence-electron chi connectivity index (χ0n) is 11.8. The number of carbonyl (C=O) groups is 1. The van der Waals surface area contributed by atoms with Crippen molar-refractivity contribution in [2.45, 2.75) is 0 Å². The number of nitrogens with one attached hydrogen (secondary N) is 1. The largest absolute Gasteiger partial charge is 0.271 e. The van der Waals surface area contributed by atoms with Crippen LogP contribution in [-0.2, 0) is 0 Å². The third-order valence-corrected chi connectivity index (χ3v) is 4.30. The average Bonchev–Trinajstić information content (AvgIpc) is 3.04. The van der Waals surface area contributed by atoms with Crippen molar-refractivity contribution < 1.29 is 4.79 Å². The molecule has 1 N–H and O–H groups in total. The van der Waals surface area contributed by atoms with Crippen LogP contribution in [-0.4, -0.2) is 22.1 Å². The number of hydrazone groups is 1. The van der Waals surface area contributed by atoms with Gasteiger partial charge in [-0.1, -0.05) is 28.1 Å². The molecule has 2 heterocycles. The van der Waals surface area contributed by atoms with Gasteiger partial charge in [0.05, 0.1) is 11.9 Å². The molecule has 23 heavy (non-hydrogen) atoms. The second-order valence-electron chi connectivity index (χ2n) is 4.52. The van der Waals surface area contributed by atoms with E-state index in [1.165, 1.54) is 17.6 Å². The van der Waals surface area contributed by atoms with E-state index in [-0.39, 0.29) is 5.91 Å². The zero-order valence-corrected chi connectivity index (χ0v) is 14.2. The minimum atomic E-state index is -0.286. The summed E-state index contributed by atoms with van der Waals surface area (Å²) < 4.78 is 1.00. The highest BCUT2D eigenvalue weighted by atomic mass is 79.9. The fourth-order valence-electron chi connectivity index (χ4n) is 1.82. The molecule has 0 unspecified atom stereocenters. The highest BCUT2D eigenvalue weighted by Crippen LogP contribution is 2.25. The number of benzene rings is 1. The number of aromatic nitrogens is 2. The van der Waals surface area contributed by atoms with Gasteiger partial charge in [0.15, 0.2) is 0 Å². The van der Waals surface area contributed by atoms with Crippen molar-refractivity contribution in [1.82, 2.24) is 15.4 Å². The van der Waals surface area contributed by atoms with Crippen LogP contribution >= 0.6 is 27.3 Å². The second-order valence-corrected chi connectivity index (χ2v) is 6.30. The molecular formula is C16H11BrN4OS. The fraction of sp³-hybridized carbons (Fsp3) is 0. The highest BCUT2D eigenvalue weighted by molar-refractivity contribution is 9.10. The molecule has 0 radical (unpaired) electrons. The van der Waals surface area contributed by atoms with E-state index in [4.69, 9.17) is 0 Å². The Labute approximate surface area is 145 Å². The van der Waals surface area contributed by atoms with E-state index in [9.17, 15) is 4.79 Å². The second kappa shape index (κ2) is 7.26. The molecule has 7 heteroatoms. The van der Waals surface area contributed by atoms with Crippen molar-refractivity contribution in [3.63, 3.8) is 0 Å². The van der Waals surface area contributed by atoms with Crippen molar-refractivity contribution >= 4 is 39.4 Å². The molecule has 1 amide bonds. The molecule has 0 fully saturated rings. The van der Waals surface area contributed by atoms with Gasteiger partial charge >= 0.3 is 0 Å². The van der Waals surface area contributed by atoms with Gasteiger partial charge in [-0.2, -0.15) is 5.10 Å². The van der Waals surface area contributed by atoms with E-state index in [0.717, 1.165) is 15.0 Å². The number of amides is 1. The Morgan fingerprint density at radius 3 is 2.87 bits per heavy atom. The lowest BCUT2D eigenvalue weighted by molar-refractivity contribution is 0.0955. The molecule has 3 rings (SSSR count). The van der Waals surface area contributed by atoms with E-state index in [1.54, 1.807) is 24.5 Å². The molecule has 0 aliphatic heterocycles. The summed E-state index contributed by atoms with van der Waals surface area (Å²) >= 11 is 4.97. The first kappa shape index (κ1) is 15.5. The Morgan fingerprint density at radius 1 is 1.26 bits per heavy atom. The number of carbonyl (C=O) groups excluding carboxylic acids is 1. The molecule has 0 atom stereocenters. The Morgan fingerprint density at radius 2 is 2.09 bits per heavy atom. The maximum atomic E-state index is 11.8. The topological polar surface area (TPSA) is 67.2 Å². The molecular weight excluding hydrogens is 376 g/mol.